The molecule has 1 aromatic carbocycles. The minimum Gasteiger partial charge on any atom is -0.304 e. The zero-order valence-corrected chi connectivity index (χ0v) is 9.59. The maximum absolute atomic E-state index is 10.4. The van der Waals surface area contributed by atoms with Gasteiger partial charge in [0.25, 0.3) is 0 Å². The van der Waals surface area contributed by atoms with E-state index in [-0.39, 0.29) is 0 Å². The summed E-state index contributed by atoms with van der Waals surface area (Å²) in [6, 6.07) is 7.54. The molecule has 86 valence electrons. The molecule has 0 bridgehead atoms. The van der Waals surface area contributed by atoms with Crippen LogP contribution in [0.15, 0.2) is 29.4 Å². The monoisotopic (exact) mass is 219 g/mol. The van der Waals surface area contributed by atoms with Crippen LogP contribution in [0, 0.1) is 4.91 Å². The molecular weight excluding hydrogens is 202 g/mol. The Balaban J connectivity index is 1.95. The van der Waals surface area contributed by atoms with Crippen molar-refractivity contribution in [3.63, 3.8) is 0 Å². The molecule has 2 rings (SSSR count). The molecule has 4 nitrogen and oxygen atoms in total. The SMILES string of the molecule is CN1CCN(Cc2cccc(N=O)c2)CC1. The summed E-state index contributed by atoms with van der Waals surface area (Å²) >= 11 is 0. The second-order valence-electron chi connectivity index (χ2n) is 4.34. The van der Waals surface area contributed by atoms with E-state index in [0.29, 0.717) is 5.69 Å². The molecule has 1 aliphatic heterocycles. The Morgan fingerprint density at radius 3 is 2.69 bits per heavy atom. The number of nitroso groups, excluding NO2 is 1. The lowest BCUT2D eigenvalue weighted by atomic mass is 10.2. The van der Waals surface area contributed by atoms with E-state index in [4.69, 9.17) is 0 Å². The molecule has 1 fully saturated rings. The molecule has 0 aliphatic carbocycles. The van der Waals surface area contributed by atoms with Crippen molar-refractivity contribution in [1.82, 2.24) is 9.80 Å². The Bertz CT molecular complexity index is 359. The summed E-state index contributed by atoms with van der Waals surface area (Å²) in [5.74, 6) is 0. The van der Waals surface area contributed by atoms with Crippen molar-refractivity contribution in [3.05, 3.63) is 34.7 Å². The average Bonchev–Trinajstić information content (AvgIpc) is 2.32. The Labute approximate surface area is 95.8 Å². The number of likely N-dealkylation sites (N-methyl/N-ethyl adjacent to an activating group) is 1. The van der Waals surface area contributed by atoms with Gasteiger partial charge in [0.05, 0.1) is 0 Å². The summed E-state index contributed by atoms with van der Waals surface area (Å²) in [4.78, 5) is 15.2. The maximum atomic E-state index is 10.4. The lowest BCUT2D eigenvalue weighted by Crippen LogP contribution is -2.43. The van der Waals surface area contributed by atoms with Crippen molar-refractivity contribution < 1.29 is 0 Å². The third-order valence-corrected chi connectivity index (χ3v) is 3.02. The van der Waals surface area contributed by atoms with Gasteiger partial charge in [0.15, 0.2) is 0 Å². The summed E-state index contributed by atoms with van der Waals surface area (Å²) in [6.07, 6.45) is 0. The molecule has 0 aromatic heterocycles. The van der Waals surface area contributed by atoms with Gasteiger partial charge in [0.2, 0.25) is 0 Å². The van der Waals surface area contributed by atoms with Crippen molar-refractivity contribution in [2.45, 2.75) is 6.54 Å². The van der Waals surface area contributed by atoms with Gasteiger partial charge in [-0.25, -0.2) is 0 Å². The summed E-state index contributed by atoms with van der Waals surface area (Å²) in [6.45, 7) is 5.33. The van der Waals surface area contributed by atoms with Crippen LogP contribution in [0.1, 0.15) is 5.56 Å². The van der Waals surface area contributed by atoms with E-state index in [1.807, 2.05) is 18.2 Å². The third-order valence-electron chi connectivity index (χ3n) is 3.02. The van der Waals surface area contributed by atoms with Gasteiger partial charge in [-0.1, -0.05) is 12.1 Å². The highest BCUT2D eigenvalue weighted by Crippen LogP contribution is 2.15. The summed E-state index contributed by atoms with van der Waals surface area (Å²) < 4.78 is 0. The standard InChI is InChI=1S/C12H17N3O/c1-14-5-7-15(8-6-14)10-11-3-2-4-12(9-11)13-16/h2-4,9H,5-8,10H2,1H3. The molecule has 1 aliphatic rings. The fraction of sp³-hybridized carbons (Fsp3) is 0.500. The van der Waals surface area contributed by atoms with Gasteiger partial charge in [-0.05, 0) is 29.9 Å². The van der Waals surface area contributed by atoms with Crippen molar-refractivity contribution in [1.29, 1.82) is 0 Å². The van der Waals surface area contributed by atoms with Crippen molar-refractivity contribution in [3.8, 4) is 0 Å². The van der Waals surface area contributed by atoms with Crippen LogP contribution < -0.4 is 0 Å². The molecule has 0 spiro atoms. The molecule has 1 saturated heterocycles. The Kier molecular flexibility index (Phi) is 3.64. The second-order valence-corrected chi connectivity index (χ2v) is 4.34. The van der Waals surface area contributed by atoms with Crippen LogP contribution in [0.2, 0.25) is 0 Å². The molecule has 1 aromatic rings. The predicted molar refractivity (Wildman–Crippen MR) is 64.7 cm³/mol. The van der Waals surface area contributed by atoms with E-state index in [2.05, 4.69) is 22.0 Å². The molecule has 1 heterocycles. The van der Waals surface area contributed by atoms with Gasteiger partial charge in [-0.15, -0.1) is 4.91 Å². The number of piperazine rings is 1. The molecule has 4 heteroatoms. The van der Waals surface area contributed by atoms with Gasteiger partial charge < -0.3 is 4.90 Å². The van der Waals surface area contributed by atoms with E-state index >= 15 is 0 Å². The number of benzene rings is 1. The van der Waals surface area contributed by atoms with Crippen LogP contribution in [0.3, 0.4) is 0 Å². The second kappa shape index (κ2) is 5.18. The van der Waals surface area contributed by atoms with Crippen LogP contribution in [0.4, 0.5) is 5.69 Å². The molecule has 0 radical (unpaired) electrons. The third kappa shape index (κ3) is 2.87. The van der Waals surface area contributed by atoms with Crippen molar-refractivity contribution in [2.75, 3.05) is 33.2 Å². The van der Waals surface area contributed by atoms with Gasteiger partial charge in [0, 0.05) is 32.7 Å². The summed E-state index contributed by atoms with van der Waals surface area (Å²) in [5, 5.41) is 2.96. The largest absolute Gasteiger partial charge is 0.304 e. The van der Waals surface area contributed by atoms with E-state index in [0.717, 1.165) is 32.7 Å². The van der Waals surface area contributed by atoms with Gasteiger partial charge >= 0.3 is 0 Å². The van der Waals surface area contributed by atoms with Crippen LogP contribution in [-0.4, -0.2) is 43.0 Å². The quantitative estimate of drug-likeness (QED) is 0.728. The first-order valence-electron chi connectivity index (χ1n) is 5.61. The molecule has 0 amide bonds. The maximum Gasteiger partial charge on any atom is 0.108 e. The predicted octanol–water partition coefficient (Wildman–Crippen LogP) is 1.83. The van der Waals surface area contributed by atoms with Crippen LogP contribution >= 0.6 is 0 Å². The zero-order valence-electron chi connectivity index (χ0n) is 9.59. The van der Waals surface area contributed by atoms with E-state index < -0.39 is 0 Å². The number of hydrogen-bond acceptors (Lipinski definition) is 4. The number of nitrogens with zero attached hydrogens (tertiary/aromatic N) is 3. The van der Waals surface area contributed by atoms with Gasteiger partial charge in [-0.3, -0.25) is 4.90 Å². The van der Waals surface area contributed by atoms with Crippen LogP contribution in [0.5, 0.6) is 0 Å². The van der Waals surface area contributed by atoms with Gasteiger partial charge in [-0.2, -0.15) is 0 Å². The smallest absolute Gasteiger partial charge is 0.108 e. The first-order chi connectivity index (χ1) is 7.78. The van der Waals surface area contributed by atoms with E-state index in [1.165, 1.54) is 5.56 Å². The first-order valence-corrected chi connectivity index (χ1v) is 5.61. The Morgan fingerprint density at radius 1 is 1.25 bits per heavy atom. The molecule has 16 heavy (non-hydrogen) atoms. The summed E-state index contributed by atoms with van der Waals surface area (Å²) in [7, 11) is 2.15. The normalized spacial score (nSPS) is 18.6. The van der Waals surface area contributed by atoms with E-state index in [9.17, 15) is 4.91 Å². The highest BCUT2D eigenvalue weighted by atomic mass is 16.3. The highest BCUT2D eigenvalue weighted by molar-refractivity contribution is 5.39. The lowest BCUT2D eigenvalue weighted by Gasteiger charge is -2.32. The summed E-state index contributed by atoms with van der Waals surface area (Å²) in [5.41, 5.74) is 1.69. The fourth-order valence-corrected chi connectivity index (χ4v) is 1.98. The topological polar surface area (TPSA) is 35.9 Å². The van der Waals surface area contributed by atoms with E-state index in [1.54, 1.807) is 6.07 Å². The molecule has 0 atom stereocenters. The Morgan fingerprint density at radius 2 is 2.00 bits per heavy atom. The van der Waals surface area contributed by atoms with Crippen molar-refractivity contribution >= 4 is 5.69 Å². The first kappa shape index (κ1) is 11.2. The molecule has 0 N–H and O–H groups in total. The molecular formula is C12H17N3O. The minimum absolute atomic E-state index is 0.520. The minimum atomic E-state index is 0.520. The highest BCUT2D eigenvalue weighted by Gasteiger charge is 2.13. The average molecular weight is 219 g/mol. The lowest BCUT2D eigenvalue weighted by molar-refractivity contribution is 0.148. The molecule has 0 saturated carbocycles. The van der Waals surface area contributed by atoms with Crippen LogP contribution in [-0.2, 0) is 6.54 Å². The van der Waals surface area contributed by atoms with Crippen LogP contribution in [0.25, 0.3) is 0 Å². The van der Waals surface area contributed by atoms with Gasteiger partial charge in [0.1, 0.15) is 5.69 Å². The Hall–Kier alpha value is -1.26. The number of hydrogen-bond donors (Lipinski definition) is 0. The fourth-order valence-electron chi connectivity index (χ4n) is 1.98. The molecule has 0 unspecified atom stereocenters. The van der Waals surface area contributed by atoms with Crippen molar-refractivity contribution in [2.24, 2.45) is 5.18 Å². The zero-order chi connectivity index (χ0) is 11.4. The number of rotatable bonds is 3.